The molecule has 0 aliphatic heterocycles. The van der Waals surface area contributed by atoms with Gasteiger partial charge in [0.2, 0.25) is 0 Å². The van der Waals surface area contributed by atoms with Crippen molar-refractivity contribution in [2.75, 3.05) is 19.8 Å². The van der Waals surface area contributed by atoms with Gasteiger partial charge < -0.3 is 11.4 Å². The van der Waals surface area contributed by atoms with E-state index < -0.39 is 15.1 Å². The van der Waals surface area contributed by atoms with Gasteiger partial charge in [-0.25, -0.2) is 0 Å². The zero-order valence-electron chi connectivity index (χ0n) is 11.8. The molecule has 0 atom stereocenters. The molecule has 0 radical (unpaired) electrons. The van der Waals surface area contributed by atoms with Gasteiger partial charge in [-0.1, -0.05) is 20.8 Å². The van der Waals surface area contributed by atoms with Gasteiger partial charge in [-0.05, 0) is 0 Å². The summed E-state index contributed by atoms with van der Waals surface area (Å²) in [6.07, 6.45) is 1.09. The Kier molecular flexibility index (Phi) is 10.9. The number of rotatable bonds is 12. The number of hydrogen-bond acceptors (Lipinski definition) is 6. The standard InChI is InChI=1S/3C4H7O2.Al/c3*1-2-4(6)3-5;/h3*2-3H2,1H3;/q3*-1;+3. The number of hydrogen-bond donors (Lipinski definition) is 0. The average Bonchev–Trinajstić information content (AvgIpc) is 2.44. The second-order valence-corrected chi connectivity index (χ2v) is 5.48. The minimum atomic E-state index is -2.61. The maximum absolute atomic E-state index is 11.2. The smallest absolute Gasteiger partial charge is 0.448 e. The summed E-state index contributed by atoms with van der Waals surface area (Å²) >= 11 is -2.61. The van der Waals surface area contributed by atoms with E-state index in [1.807, 2.05) is 0 Å². The lowest BCUT2D eigenvalue weighted by Crippen LogP contribution is -2.33. The lowest BCUT2D eigenvalue weighted by molar-refractivity contribution is -0.124. The molecule has 0 aromatic carbocycles. The highest BCUT2D eigenvalue weighted by molar-refractivity contribution is 6.37. The fourth-order valence-corrected chi connectivity index (χ4v) is 2.19. The van der Waals surface area contributed by atoms with Gasteiger partial charge >= 0.3 is 15.1 Å². The topological polar surface area (TPSA) is 78.9 Å². The van der Waals surface area contributed by atoms with Gasteiger partial charge in [0.25, 0.3) is 0 Å². The van der Waals surface area contributed by atoms with Crippen LogP contribution in [0.2, 0.25) is 0 Å². The van der Waals surface area contributed by atoms with Gasteiger partial charge in [0.15, 0.2) is 17.3 Å². The van der Waals surface area contributed by atoms with Gasteiger partial charge in [0.1, 0.15) is 0 Å². The maximum atomic E-state index is 11.2. The Morgan fingerprint density at radius 1 is 0.684 bits per heavy atom. The number of carbonyl (C=O) groups is 3. The van der Waals surface area contributed by atoms with Crippen molar-refractivity contribution in [3.05, 3.63) is 0 Å². The molecule has 0 heterocycles. The first-order valence-corrected chi connectivity index (χ1v) is 7.84. The molecule has 108 valence electrons. The molecule has 0 aromatic heterocycles. The monoisotopic (exact) mass is 288 g/mol. The lowest BCUT2D eigenvalue weighted by Gasteiger charge is -2.12. The maximum Gasteiger partial charge on any atom is 0.906 e. The first-order valence-electron chi connectivity index (χ1n) is 6.43. The summed E-state index contributed by atoms with van der Waals surface area (Å²) in [5.41, 5.74) is 0. The summed E-state index contributed by atoms with van der Waals surface area (Å²) in [5.74, 6) is -0.227. The van der Waals surface area contributed by atoms with Crippen LogP contribution in [0.4, 0.5) is 0 Å². The minimum Gasteiger partial charge on any atom is -0.448 e. The van der Waals surface area contributed by atoms with Crippen molar-refractivity contribution in [1.82, 2.24) is 0 Å². The van der Waals surface area contributed by atoms with Crippen LogP contribution < -0.4 is 0 Å². The van der Waals surface area contributed by atoms with Crippen LogP contribution in [0.5, 0.6) is 0 Å². The fourth-order valence-electron chi connectivity index (χ4n) is 0.933. The molecule has 0 aliphatic rings. The Morgan fingerprint density at radius 3 is 1.16 bits per heavy atom. The number of Topliss-reactive ketones (excluding diaryl/α,β-unsaturated/α-hetero) is 3. The minimum absolute atomic E-state index is 0.0756. The predicted molar refractivity (Wildman–Crippen MR) is 69.5 cm³/mol. The normalized spacial score (nSPS) is 10.3. The Labute approximate surface area is 118 Å². The number of ketones is 3. The second-order valence-electron chi connectivity index (χ2n) is 3.90. The molecule has 0 saturated heterocycles. The molecule has 0 aliphatic carbocycles. The van der Waals surface area contributed by atoms with Crippen molar-refractivity contribution in [3.8, 4) is 0 Å². The van der Waals surface area contributed by atoms with E-state index in [0.29, 0.717) is 19.3 Å². The first kappa shape index (κ1) is 18.4. The third kappa shape index (κ3) is 9.94. The van der Waals surface area contributed by atoms with Crippen LogP contribution in [0.25, 0.3) is 0 Å². The molecular weight excluding hydrogens is 267 g/mol. The Morgan fingerprint density at radius 2 is 0.947 bits per heavy atom. The van der Waals surface area contributed by atoms with Crippen LogP contribution in [-0.4, -0.2) is 52.3 Å². The van der Waals surface area contributed by atoms with Crippen molar-refractivity contribution in [2.45, 2.75) is 40.0 Å². The summed E-state index contributed by atoms with van der Waals surface area (Å²) < 4.78 is 15.7. The molecule has 6 nitrogen and oxygen atoms in total. The fraction of sp³-hybridized carbons (Fsp3) is 0.750. The third-order valence-electron chi connectivity index (χ3n) is 2.32. The van der Waals surface area contributed by atoms with Crippen molar-refractivity contribution in [2.24, 2.45) is 0 Å². The highest BCUT2D eigenvalue weighted by atomic mass is 27.3. The van der Waals surface area contributed by atoms with Crippen LogP contribution in [0, 0.1) is 0 Å². The van der Waals surface area contributed by atoms with Crippen LogP contribution in [0.15, 0.2) is 0 Å². The molecule has 0 spiro atoms. The summed E-state index contributed by atoms with van der Waals surface area (Å²) in [7, 11) is 0. The van der Waals surface area contributed by atoms with Crippen molar-refractivity contribution < 1.29 is 25.7 Å². The highest BCUT2D eigenvalue weighted by Crippen LogP contribution is 1.97. The third-order valence-corrected chi connectivity index (χ3v) is 3.64. The van der Waals surface area contributed by atoms with E-state index in [0.717, 1.165) is 0 Å². The first-order chi connectivity index (χ1) is 9.03. The lowest BCUT2D eigenvalue weighted by atomic mass is 10.3. The van der Waals surface area contributed by atoms with E-state index in [1.165, 1.54) is 0 Å². The van der Waals surface area contributed by atoms with E-state index in [2.05, 4.69) is 0 Å². The van der Waals surface area contributed by atoms with Crippen molar-refractivity contribution in [1.29, 1.82) is 0 Å². The molecule has 0 fully saturated rings. The Balaban J connectivity index is 4.16. The van der Waals surface area contributed by atoms with E-state index in [9.17, 15) is 14.4 Å². The molecule has 0 saturated carbocycles. The molecule has 0 amide bonds. The van der Waals surface area contributed by atoms with Gasteiger partial charge in [-0.3, -0.25) is 14.4 Å². The molecule has 0 bridgehead atoms. The zero-order valence-corrected chi connectivity index (χ0v) is 12.9. The van der Waals surface area contributed by atoms with Gasteiger partial charge in [-0.15, -0.1) is 0 Å². The molecule has 0 rings (SSSR count). The Bertz CT molecular complexity index is 257. The SMILES string of the molecule is CCC(=O)C[O][Al]([O]CC(=O)CC)[O]CC(=O)CC. The van der Waals surface area contributed by atoms with Gasteiger partial charge in [0.05, 0.1) is 19.8 Å². The average molecular weight is 288 g/mol. The largest absolute Gasteiger partial charge is 0.906 e. The van der Waals surface area contributed by atoms with E-state index >= 15 is 0 Å². The summed E-state index contributed by atoms with van der Waals surface area (Å²) in [5, 5.41) is 0. The summed E-state index contributed by atoms with van der Waals surface area (Å²) in [4.78, 5) is 33.5. The Hall–Kier alpha value is -0.578. The van der Waals surface area contributed by atoms with Gasteiger partial charge in [0, 0.05) is 19.3 Å². The van der Waals surface area contributed by atoms with E-state index in [-0.39, 0.29) is 37.2 Å². The second kappa shape index (κ2) is 11.3. The van der Waals surface area contributed by atoms with Crippen LogP contribution >= 0.6 is 0 Å². The van der Waals surface area contributed by atoms with E-state index in [1.54, 1.807) is 20.8 Å². The molecule has 19 heavy (non-hydrogen) atoms. The molecule has 0 unspecified atom stereocenters. The highest BCUT2D eigenvalue weighted by Gasteiger charge is 2.33. The molecular formula is C12H21AlO6. The predicted octanol–water partition coefficient (Wildman–Crippen LogP) is 0.958. The van der Waals surface area contributed by atoms with Crippen LogP contribution in [-0.2, 0) is 25.7 Å². The summed E-state index contributed by atoms with van der Waals surface area (Å²) in [6.45, 7) is 4.87. The quantitative estimate of drug-likeness (QED) is 0.498. The molecule has 0 aromatic rings. The van der Waals surface area contributed by atoms with Crippen molar-refractivity contribution >= 4 is 32.5 Å². The zero-order chi connectivity index (χ0) is 14.7. The van der Waals surface area contributed by atoms with Crippen molar-refractivity contribution in [3.63, 3.8) is 0 Å². The van der Waals surface area contributed by atoms with E-state index in [4.69, 9.17) is 11.4 Å². The summed E-state index contributed by atoms with van der Waals surface area (Å²) in [6, 6.07) is 0. The molecule has 0 N–H and O–H groups in total. The molecule has 7 heteroatoms. The van der Waals surface area contributed by atoms with Crippen LogP contribution in [0.1, 0.15) is 40.0 Å². The number of carbonyl (C=O) groups excluding carboxylic acids is 3. The van der Waals surface area contributed by atoms with Crippen LogP contribution in [0.3, 0.4) is 0 Å². The van der Waals surface area contributed by atoms with Gasteiger partial charge in [-0.2, -0.15) is 0 Å².